The monoisotopic (exact) mass is 129 g/mol. The van der Waals surface area contributed by atoms with Gasteiger partial charge in [0.05, 0.1) is 0 Å². The van der Waals surface area contributed by atoms with E-state index in [0.29, 0.717) is 0 Å². The molecular formula is C4H7N3O2. The zero-order chi connectivity index (χ0) is 7.28. The van der Waals surface area contributed by atoms with Crippen LogP contribution >= 0.6 is 0 Å². The fraction of sp³-hybridized carbons (Fsp3) is 0. The van der Waals surface area contributed by atoms with Gasteiger partial charge in [-0.05, 0) is 0 Å². The van der Waals surface area contributed by atoms with E-state index in [1.165, 1.54) is 0 Å². The summed E-state index contributed by atoms with van der Waals surface area (Å²) < 4.78 is 0. The first-order chi connectivity index (χ1) is 4.13. The molecule has 5 nitrogen and oxygen atoms in total. The van der Waals surface area contributed by atoms with E-state index in [0.717, 1.165) is 12.3 Å². The smallest absolute Gasteiger partial charge is 0.329 e. The van der Waals surface area contributed by atoms with Crippen LogP contribution in [0.25, 0.3) is 0 Å². The molecule has 0 radical (unpaired) electrons. The van der Waals surface area contributed by atoms with Crippen LogP contribution in [0.3, 0.4) is 0 Å². The van der Waals surface area contributed by atoms with Crippen molar-refractivity contribution in [1.82, 2.24) is 0 Å². The zero-order valence-electron chi connectivity index (χ0n) is 4.61. The molecule has 0 unspecified atom stereocenters. The molecule has 0 heterocycles. The molecule has 5 heteroatoms. The largest absolute Gasteiger partial charge is 0.478 e. The van der Waals surface area contributed by atoms with Crippen molar-refractivity contribution in [2.45, 2.75) is 0 Å². The Kier molecular flexibility index (Phi) is 2.89. The molecule has 0 rings (SSSR count). The van der Waals surface area contributed by atoms with Gasteiger partial charge in [0.25, 0.3) is 0 Å². The van der Waals surface area contributed by atoms with E-state index in [1.54, 1.807) is 0 Å². The van der Waals surface area contributed by atoms with Gasteiger partial charge in [-0.2, -0.15) is 0 Å². The molecule has 9 heavy (non-hydrogen) atoms. The maximum Gasteiger partial charge on any atom is 0.329 e. The second-order valence-corrected chi connectivity index (χ2v) is 1.21. The minimum Gasteiger partial charge on any atom is -0.478 e. The van der Waals surface area contributed by atoms with Gasteiger partial charge < -0.3 is 16.6 Å². The highest BCUT2D eigenvalue weighted by atomic mass is 16.4. The lowest BCUT2D eigenvalue weighted by atomic mass is 10.6. The van der Waals surface area contributed by atoms with Gasteiger partial charge in [0.1, 0.15) is 0 Å². The number of nitrogens with two attached hydrogens (primary N) is 2. The maximum absolute atomic E-state index is 9.74. The summed E-state index contributed by atoms with van der Waals surface area (Å²) in [5, 5.41) is 7.99. The van der Waals surface area contributed by atoms with Gasteiger partial charge in [-0.15, -0.1) is 0 Å². The number of hydrogen-bond donors (Lipinski definition) is 3. The van der Waals surface area contributed by atoms with Crippen LogP contribution in [0.5, 0.6) is 0 Å². The Labute approximate surface area is 51.7 Å². The van der Waals surface area contributed by atoms with E-state index < -0.39 is 5.97 Å². The van der Waals surface area contributed by atoms with Gasteiger partial charge in [-0.25, -0.2) is 9.79 Å². The summed E-state index contributed by atoms with van der Waals surface area (Å²) in [4.78, 5) is 13.0. The van der Waals surface area contributed by atoms with Crippen LogP contribution in [0.4, 0.5) is 0 Å². The highest BCUT2D eigenvalue weighted by Crippen LogP contribution is 1.72. The number of carbonyl (C=O) groups is 1. The average Bonchev–Trinajstić information content (AvgIpc) is 1.63. The fourth-order valence-electron chi connectivity index (χ4n) is 0.187. The van der Waals surface area contributed by atoms with Crippen LogP contribution in [-0.4, -0.2) is 17.0 Å². The third kappa shape index (κ3) is 6.48. The predicted molar refractivity (Wildman–Crippen MR) is 32.6 cm³/mol. The quantitative estimate of drug-likeness (QED) is 0.249. The second kappa shape index (κ2) is 3.48. The topological polar surface area (TPSA) is 102 Å². The van der Waals surface area contributed by atoms with Crippen molar-refractivity contribution in [3.05, 3.63) is 12.3 Å². The molecule has 0 atom stereocenters. The molecule has 5 N–H and O–H groups in total. The molecular weight excluding hydrogens is 122 g/mol. The van der Waals surface area contributed by atoms with Crippen LogP contribution in [0.2, 0.25) is 0 Å². The average molecular weight is 129 g/mol. The third-order valence-corrected chi connectivity index (χ3v) is 0.441. The van der Waals surface area contributed by atoms with Gasteiger partial charge in [-0.3, -0.25) is 0 Å². The van der Waals surface area contributed by atoms with E-state index in [9.17, 15) is 4.79 Å². The van der Waals surface area contributed by atoms with Crippen molar-refractivity contribution < 1.29 is 9.90 Å². The Bertz CT molecular complexity index is 157. The van der Waals surface area contributed by atoms with Crippen LogP contribution in [0.15, 0.2) is 17.3 Å². The lowest BCUT2D eigenvalue weighted by molar-refractivity contribution is -0.131. The van der Waals surface area contributed by atoms with Crippen molar-refractivity contribution in [1.29, 1.82) is 0 Å². The summed E-state index contributed by atoms with van der Waals surface area (Å²) in [6, 6.07) is 0. The van der Waals surface area contributed by atoms with E-state index in [2.05, 4.69) is 4.99 Å². The predicted octanol–water partition coefficient (Wildman–Crippen LogP) is -1.14. The summed E-state index contributed by atoms with van der Waals surface area (Å²) in [6.45, 7) is 0. The lowest BCUT2D eigenvalue weighted by Gasteiger charge is -1.81. The van der Waals surface area contributed by atoms with Gasteiger partial charge >= 0.3 is 5.97 Å². The summed E-state index contributed by atoms with van der Waals surface area (Å²) in [5.74, 6) is -1.24. The Morgan fingerprint density at radius 3 is 2.44 bits per heavy atom. The van der Waals surface area contributed by atoms with Gasteiger partial charge in [-0.1, -0.05) is 0 Å². The number of carboxylic acid groups (broad SMARTS) is 1. The molecule has 0 fully saturated rings. The summed E-state index contributed by atoms with van der Waals surface area (Å²) >= 11 is 0. The van der Waals surface area contributed by atoms with E-state index >= 15 is 0 Å². The molecule has 0 spiro atoms. The SMILES string of the molecule is NC(N)=NC=CC(=O)O. The van der Waals surface area contributed by atoms with Gasteiger partial charge in [0.2, 0.25) is 0 Å². The first-order valence-corrected chi connectivity index (χ1v) is 2.11. The molecule has 50 valence electrons. The Morgan fingerprint density at radius 1 is 1.56 bits per heavy atom. The second-order valence-electron chi connectivity index (χ2n) is 1.21. The maximum atomic E-state index is 9.74. The van der Waals surface area contributed by atoms with Crippen molar-refractivity contribution in [2.24, 2.45) is 16.5 Å². The zero-order valence-corrected chi connectivity index (χ0v) is 4.61. The van der Waals surface area contributed by atoms with Gasteiger partial charge in [0, 0.05) is 12.3 Å². The standard InChI is InChI=1S/C4H7N3O2/c5-4(6)7-2-1-3(8)9/h1-2H,(H,8,9)(H4,5,6,7). The highest BCUT2D eigenvalue weighted by Gasteiger charge is 1.81. The number of hydrogen-bond acceptors (Lipinski definition) is 2. The van der Waals surface area contributed by atoms with Gasteiger partial charge in [0.15, 0.2) is 5.96 Å². The summed E-state index contributed by atoms with van der Waals surface area (Å²) in [7, 11) is 0. The molecule has 0 aliphatic carbocycles. The Hall–Kier alpha value is -1.52. The van der Waals surface area contributed by atoms with E-state index in [4.69, 9.17) is 16.6 Å². The van der Waals surface area contributed by atoms with Crippen molar-refractivity contribution in [3.8, 4) is 0 Å². The van der Waals surface area contributed by atoms with Crippen LogP contribution in [0.1, 0.15) is 0 Å². The van der Waals surface area contributed by atoms with Crippen LogP contribution in [0, 0.1) is 0 Å². The number of carboxylic acids is 1. The van der Waals surface area contributed by atoms with Crippen molar-refractivity contribution >= 4 is 11.9 Å². The lowest BCUT2D eigenvalue weighted by Crippen LogP contribution is -2.21. The van der Waals surface area contributed by atoms with E-state index in [-0.39, 0.29) is 5.96 Å². The molecule has 0 saturated heterocycles. The Balaban J connectivity index is 3.74. The number of nitrogens with zero attached hydrogens (tertiary/aromatic N) is 1. The molecule has 0 aromatic heterocycles. The van der Waals surface area contributed by atoms with Crippen molar-refractivity contribution in [2.75, 3.05) is 0 Å². The first kappa shape index (κ1) is 7.48. The molecule has 0 aliphatic heterocycles. The molecule has 0 saturated carbocycles. The Morgan fingerprint density at radius 2 is 2.11 bits per heavy atom. The first-order valence-electron chi connectivity index (χ1n) is 2.11. The molecule has 0 aromatic carbocycles. The molecule has 0 amide bonds. The number of guanidine groups is 1. The fourth-order valence-corrected chi connectivity index (χ4v) is 0.187. The number of aliphatic carboxylic acids is 1. The minimum absolute atomic E-state index is 0.160. The molecule has 0 bridgehead atoms. The minimum atomic E-state index is -1.08. The molecule has 0 aliphatic rings. The summed E-state index contributed by atoms with van der Waals surface area (Å²) in [6.07, 6.45) is 1.84. The van der Waals surface area contributed by atoms with Crippen molar-refractivity contribution in [3.63, 3.8) is 0 Å². The third-order valence-electron chi connectivity index (χ3n) is 0.441. The van der Waals surface area contributed by atoms with Crippen LogP contribution in [-0.2, 0) is 4.79 Å². The highest BCUT2D eigenvalue weighted by molar-refractivity contribution is 5.81. The normalized spacial score (nSPS) is 9.33. The number of rotatable bonds is 2. The number of aliphatic imine (C=N–C) groups is 1. The van der Waals surface area contributed by atoms with E-state index in [1.807, 2.05) is 0 Å². The van der Waals surface area contributed by atoms with Crippen LogP contribution < -0.4 is 11.5 Å². The summed E-state index contributed by atoms with van der Waals surface area (Å²) in [5.41, 5.74) is 9.72. The molecule has 0 aromatic rings.